The third kappa shape index (κ3) is 4.35. The molecular weight excluding hydrogens is 200 g/mol. The van der Waals surface area contributed by atoms with Gasteiger partial charge in [-0.3, -0.25) is 15.0 Å². The zero-order valence-electron chi connectivity index (χ0n) is 9.16. The van der Waals surface area contributed by atoms with Crippen molar-refractivity contribution in [3.63, 3.8) is 0 Å². The maximum atomic E-state index is 11.0. The molecule has 0 fully saturated rings. The van der Waals surface area contributed by atoms with Crippen molar-refractivity contribution in [2.75, 3.05) is 0 Å². The number of hydrogen-bond acceptors (Lipinski definition) is 6. The predicted octanol–water partition coefficient (Wildman–Crippen LogP) is 0.897. The molecular formula is C9H14N2O4. The van der Waals surface area contributed by atoms with Crippen LogP contribution in [0.25, 0.3) is 0 Å². The molecule has 0 saturated carbocycles. The van der Waals surface area contributed by atoms with Crippen molar-refractivity contribution < 1.29 is 19.2 Å². The van der Waals surface area contributed by atoms with E-state index in [1.54, 1.807) is 0 Å². The molecule has 0 heterocycles. The van der Waals surface area contributed by atoms with E-state index in [2.05, 4.69) is 9.89 Å². The summed E-state index contributed by atoms with van der Waals surface area (Å²) in [5.74, 6) is -0.487. The maximum Gasteiger partial charge on any atom is 0.299 e. The van der Waals surface area contributed by atoms with E-state index in [0.29, 0.717) is 0 Å². The van der Waals surface area contributed by atoms with Gasteiger partial charge in [0.15, 0.2) is 11.4 Å². The summed E-state index contributed by atoms with van der Waals surface area (Å²) in [6.07, 6.45) is 0. The number of Topliss-reactive ketones (excluding diaryl/α,β-unsaturated/α-hetero) is 1. The van der Waals surface area contributed by atoms with Gasteiger partial charge in [-0.05, 0) is 32.9 Å². The van der Waals surface area contributed by atoms with Gasteiger partial charge in [0, 0.05) is 0 Å². The molecule has 0 aliphatic carbocycles. The molecule has 0 saturated heterocycles. The molecule has 0 aliphatic rings. The number of carbonyl (C=O) groups is 2. The number of nitrogens with one attached hydrogen (secondary N) is 1. The zero-order chi connectivity index (χ0) is 12.1. The van der Waals surface area contributed by atoms with Crippen molar-refractivity contribution in [1.29, 1.82) is 5.41 Å². The summed E-state index contributed by atoms with van der Waals surface area (Å²) in [4.78, 5) is 26.0. The fourth-order valence-corrected chi connectivity index (χ4v) is 0.444. The average molecular weight is 214 g/mol. The van der Waals surface area contributed by atoms with Crippen LogP contribution >= 0.6 is 0 Å². The summed E-state index contributed by atoms with van der Waals surface area (Å²) < 4.78 is 4.39. The molecule has 0 unspecified atom stereocenters. The Kier molecular flexibility index (Phi) is 4.63. The van der Waals surface area contributed by atoms with E-state index < -0.39 is 5.60 Å². The molecule has 0 radical (unpaired) electrons. The van der Waals surface area contributed by atoms with Gasteiger partial charge in [0.2, 0.25) is 0 Å². The number of carbonyl (C=O) groups excluding carboxylic acids is 2. The Morgan fingerprint density at radius 2 is 1.93 bits per heavy atom. The second-order valence-corrected chi connectivity index (χ2v) is 3.39. The van der Waals surface area contributed by atoms with E-state index in [4.69, 9.17) is 10.2 Å². The Balaban J connectivity index is 4.66. The van der Waals surface area contributed by atoms with Gasteiger partial charge in [0.05, 0.1) is 5.71 Å². The largest absolute Gasteiger partial charge is 0.405 e. The molecule has 0 atom stereocenters. The smallest absolute Gasteiger partial charge is 0.299 e. The van der Waals surface area contributed by atoms with Gasteiger partial charge < -0.3 is 9.57 Å². The number of hydrogen-bond donors (Lipinski definition) is 1. The quantitative estimate of drug-likeness (QED) is 0.318. The van der Waals surface area contributed by atoms with Crippen LogP contribution < -0.4 is 0 Å². The van der Waals surface area contributed by atoms with E-state index in [0.717, 1.165) is 0 Å². The summed E-state index contributed by atoms with van der Waals surface area (Å²) >= 11 is 0. The van der Waals surface area contributed by atoms with Crippen molar-refractivity contribution in [2.45, 2.75) is 33.3 Å². The Hall–Kier alpha value is -1.72. The second kappa shape index (κ2) is 5.23. The highest BCUT2D eigenvalue weighted by Crippen LogP contribution is 2.10. The van der Waals surface area contributed by atoms with Gasteiger partial charge >= 0.3 is 0 Å². The lowest BCUT2D eigenvalue weighted by Gasteiger charge is -2.18. The lowest BCUT2D eigenvalue weighted by molar-refractivity contribution is -0.138. The van der Waals surface area contributed by atoms with E-state index in [9.17, 15) is 9.59 Å². The number of oxime groups is 1. The molecule has 6 nitrogen and oxygen atoms in total. The van der Waals surface area contributed by atoms with Crippen LogP contribution in [-0.2, 0) is 19.2 Å². The minimum atomic E-state index is -1.10. The fourth-order valence-electron chi connectivity index (χ4n) is 0.444. The third-order valence-electron chi connectivity index (χ3n) is 1.69. The molecule has 15 heavy (non-hydrogen) atoms. The van der Waals surface area contributed by atoms with Crippen LogP contribution in [0.4, 0.5) is 0 Å². The Morgan fingerprint density at radius 1 is 1.40 bits per heavy atom. The van der Waals surface area contributed by atoms with Crippen LogP contribution in [0.2, 0.25) is 0 Å². The number of ketones is 1. The third-order valence-corrected chi connectivity index (χ3v) is 1.69. The minimum absolute atomic E-state index is 0.0681. The van der Waals surface area contributed by atoms with E-state index in [1.807, 2.05) is 0 Å². The highest BCUT2D eigenvalue weighted by atomic mass is 16.7. The lowest BCUT2D eigenvalue weighted by Crippen LogP contribution is -2.32. The minimum Gasteiger partial charge on any atom is -0.405 e. The SMILES string of the molecule is CC(=N)/C(=N/OC(C)(C)C(C)=O)OC=O. The average Bonchev–Trinajstić information content (AvgIpc) is 2.11. The van der Waals surface area contributed by atoms with Crippen LogP contribution in [0.15, 0.2) is 5.16 Å². The fraction of sp³-hybridized carbons (Fsp3) is 0.556. The van der Waals surface area contributed by atoms with Crippen LogP contribution in [-0.4, -0.2) is 29.5 Å². The topological polar surface area (TPSA) is 88.8 Å². The lowest BCUT2D eigenvalue weighted by atomic mass is 10.1. The van der Waals surface area contributed by atoms with Gasteiger partial charge in [-0.15, -0.1) is 0 Å². The normalized spacial score (nSPS) is 11.9. The van der Waals surface area contributed by atoms with Crippen LogP contribution in [0.1, 0.15) is 27.7 Å². The predicted molar refractivity (Wildman–Crippen MR) is 53.8 cm³/mol. The highest BCUT2D eigenvalue weighted by Gasteiger charge is 2.26. The number of ether oxygens (including phenoxy) is 1. The Morgan fingerprint density at radius 3 is 2.27 bits per heavy atom. The van der Waals surface area contributed by atoms with Crippen molar-refractivity contribution >= 4 is 23.9 Å². The van der Waals surface area contributed by atoms with Crippen LogP contribution in [0.5, 0.6) is 0 Å². The molecule has 1 N–H and O–H groups in total. The van der Waals surface area contributed by atoms with Gasteiger partial charge in [-0.1, -0.05) is 0 Å². The first-order valence-electron chi connectivity index (χ1n) is 4.24. The standard InChI is InChI=1S/C9H14N2O4/c1-6(10)8(14-5-12)11-15-9(3,4)7(2)13/h5,10H,1-4H3/b10-6?,11-8-. The van der Waals surface area contributed by atoms with Crippen molar-refractivity contribution in [1.82, 2.24) is 0 Å². The molecule has 0 aromatic carbocycles. The first kappa shape index (κ1) is 13.3. The van der Waals surface area contributed by atoms with Gasteiger partial charge in [0.1, 0.15) is 0 Å². The summed E-state index contributed by atoms with van der Waals surface area (Å²) in [7, 11) is 0. The molecule has 0 aliphatic heterocycles. The van der Waals surface area contributed by atoms with E-state index in [-0.39, 0.29) is 23.9 Å². The summed E-state index contributed by atoms with van der Waals surface area (Å²) in [6, 6.07) is 0. The summed E-state index contributed by atoms with van der Waals surface area (Å²) in [5, 5.41) is 10.6. The van der Waals surface area contributed by atoms with Crippen molar-refractivity contribution in [3.05, 3.63) is 0 Å². The van der Waals surface area contributed by atoms with Gasteiger partial charge in [0.25, 0.3) is 12.4 Å². The van der Waals surface area contributed by atoms with Crippen LogP contribution in [0.3, 0.4) is 0 Å². The number of nitrogens with zero attached hydrogens (tertiary/aromatic N) is 1. The van der Waals surface area contributed by atoms with Gasteiger partial charge in [-0.25, -0.2) is 0 Å². The molecule has 0 rings (SSSR count). The molecule has 0 aromatic heterocycles. The molecule has 0 amide bonds. The van der Waals surface area contributed by atoms with Gasteiger partial charge in [-0.2, -0.15) is 0 Å². The zero-order valence-corrected chi connectivity index (χ0v) is 9.16. The first-order valence-corrected chi connectivity index (χ1v) is 4.24. The Bertz CT molecular complexity index is 307. The van der Waals surface area contributed by atoms with E-state index >= 15 is 0 Å². The van der Waals surface area contributed by atoms with E-state index in [1.165, 1.54) is 27.7 Å². The molecule has 0 spiro atoms. The monoisotopic (exact) mass is 214 g/mol. The highest BCUT2D eigenvalue weighted by molar-refractivity contribution is 6.37. The molecule has 0 aromatic rings. The van der Waals surface area contributed by atoms with Crippen molar-refractivity contribution in [2.24, 2.45) is 5.16 Å². The van der Waals surface area contributed by atoms with Crippen molar-refractivity contribution in [3.8, 4) is 0 Å². The molecule has 6 heteroatoms. The number of rotatable bonds is 5. The Labute approximate surface area is 87.7 Å². The van der Waals surface area contributed by atoms with Crippen LogP contribution in [0, 0.1) is 5.41 Å². The first-order chi connectivity index (χ1) is 6.81. The second-order valence-electron chi connectivity index (χ2n) is 3.39. The summed E-state index contributed by atoms with van der Waals surface area (Å²) in [6.45, 7) is 5.92. The molecule has 0 bridgehead atoms. The molecule has 84 valence electrons. The maximum absolute atomic E-state index is 11.0. The summed E-state index contributed by atoms with van der Waals surface area (Å²) in [5.41, 5.74) is -1.17.